The van der Waals surface area contributed by atoms with Crippen LogP contribution < -0.4 is 0 Å². The minimum Gasteiger partial charge on any atom is -0.457 e. The van der Waals surface area contributed by atoms with E-state index in [1.54, 1.807) is 30.3 Å². The number of ether oxygens (including phenoxy) is 1. The third kappa shape index (κ3) is 4.21. The van der Waals surface area contributed by atoms with Crippen molar-refractivity contribution in [2.45, 2.75) is 10.4 Å². The molecule has 21 heavy (non-hydrogen) atoms. The Morgan fingerprint density at radius 1 is 1.14 bits per heavy atom. The van der Waals surface area contributed by atoms with Crippen molar-refractivity contribution in [3.05, 3.63) is 46.1 Å². The van der Waals surface area contributed by atoms with Gasteiger partial charge in [-0.1, -0.05) is 64.1 Å². The lowest BCUT2D eigenvalue weighted by atomic mass is 10.2. The van der Waals surface area contributed by atoms with Gasteiger partial charge in [0, 0.05) is 5.56 Å². The largest absolute Gasteiger partial charge is 0.457 e. The van der Waals surface area contributed by atoms with Gasteiger partial charge in [-0.05, 0) is 24.3 Å². The normalized spacial score (nSPS) is 11.5. The van der Waals surface area contributed by atoms with Crippen molar-refractivity contribution in [2.75, 3.05) is 0 Å². The van der Waals surface area contributed by atoms with E-state index in [-0.39, 0.29) is 6.61 Å². The van der Waals surface area contributed by atoms with Crippen LogP contribution in [0.15, 0.2) is 34.7 Å². The van der Waals surface area contributed by atoms with Gasteiger partial charge in [0.1, 0.15) is 18.1 Å². The van der Waals surface area contributed by atoms with Crippen molar-refractivity contribution in [3.8, 4) is 11.3 Å². The Kier molecular flexibility index (Phi) is 5.33. The molecular weight excluding hydrogens is 381 g/mol. The molecule has 0 radical (unpaired) electrons. The number of benzene rings is 1. The monoisotopic (exact) mass is 386 g/mol. The summed E-state index contributed by atoms with van der Waals surface area (Å²) in [6.45, 7) is -0.162. The first-order valence-electron chi connectivity index (χ1n) is 5.56. The van der Waals surface area contributed by atoms with Crippen LogP contribution in [0.25, 0.3) is 11.3 Å². The lowest BCUT2D eigenvalue weighted by Crippen LogP contribution is -2.21. The molecule has 0 unspecified atom stereocenters. The van der Waals surface area contributed by atoms with E-state index in [1.165, 1.54) is 0 Å². The van der Waals surface area contributed by atoms with Gasteiger partial charge in [-0.2, -0.15) is 0 Å². The third-order valence-corrected chi connectivity index (χ3v) is 3.74. The molecule has 0 saturated carbocycles. The molecule has 0 spiro atoms. The molecular formula is C13H7Cl5O3. The maximum Gasteiger partial charge on any atom is 0.358 e. The zero-order chi connectivity index (χ0) is 15.6. The van der Waals surface area contributed by atoms with Gasteiger partial charge in [0.25, 0.3) is 3.79 Å². The minimum absolute atomic E-state index is 0.162. The number of hydrogen-bond donors (Lipinski definition) is 0. The number of rotatable bonds is 3. The maximum atomic E-state index is 11.3. The molecule has 1 heterocycles. The predicted octanol–water partition coefficient (Wildman–Crippen LogP) is 5.67. The van der Waals surface area contributed by atoms with Crippen LogP contribution in [0, 0.1) is 0 Å². The first kappa shape index (κ1) is 16.8. The van der Waals surface area contributed by atoms with Crippen LogP contribution in [0.4, 0.5) is 0 Å². The number of esters is 1. The van der Waals surface area contributed by atoms with E-state index < -0.39 is 9.76 Å². The van der Waals surface area contributed by atoms with Crippen molar-refractivity contribution in [1.29, 1.82) is 0 Å². The van der Waals surface area contributed by atoms with Crippen molar-refractivity contribution >= 4 is 64.0 Å². The highest BCUT2D eigenvalue weighted by Gasteiger charge is 2.32. The number of carbonyl (C=O) groups excluding carboxylic acids is 1. The van der Waals surface area contributed by atoms with Gasteiger partial charge in [0.15, 0.2) is 0 Å². The number of carbonyl (C=O) groups is 1. The highest BCUT2D eigenvalue weighted by molar-refractivity contribution is 6.75. The molecule has 0 atom stereocenters. The van der Waals surface area contributed by atoms with Gasteiger partial charge in [-0.3, -0.25) is 0 Å². The molecule has 0 amide bonds. The molecule has 8 heteroatoms. The second-order valence-electron chi connectivity index (χ2n) is 3.94. The van der Waals surface area contributed by atoms with Gasteiger partial charge in [0.05, 0.1) is 10.0 Å². The summed E-state index contributed by atoms with van der Waals surface area (Å²) in [7, 11) is 0. The van der Waals surface area contributed by atoms with E-state index in [0.29, 0.717) is 27.1 Å². The summed E-state index contributed by atoms with van der Waals surface area (Å²) in [5.74, 6) is -0.114. The zero-order valence-electron chi connectivity index (χ0n) is 10.2. The molecule has 0 bridgehead atoms. The van der Waals surface area contributed by atoms with E-state index >= 15 is 0 Å². The predicted molar refractivity (Wildman–Crippen MR) is 84.3 cm³/mol. The van der Waals surface area contributed by atoms with Crippen LogP contribution in [0.2, 0.25) is 10.0 Å². The molecule has 0 aliphatic rings. The van der Waals surface area contributed by atoms with Crippen molar-refractivity contribution < 1.29 is 13.9 Å². The highest BCUT2D eigenvalue weighted by Crippen LogP contribution is 2.34. The Labute approximate surface area is 145 Å². The highest BCUT2D eigenvalue weighted by atomic mass is 35.6. The van der Waals surface area contributed by atoms with E-state index in [1.807, 2.05) is 0 Å². The van der Waals surface area contributed by atoms with Crippen LogP contribution >= 0.6 is 58.0 Å². The van der Waals surface area contributed by atoms with Gasteiger partial charge < -0.3 is 9.15 Å². The average molecular weight is 388 g/mol. The first-order valence-corrected chi connectivity index (χ1v) is 7.45. The van der Waals surface area contributed by atoms with Crippen molar-refractivity contribution in [1.82, 2.24) is 0 Å². The zero-order valence-corrected chi connectivity index (χ0v) is 14.0. The van der Waals surface area contributed by atoms with Gasteiger partial charge in [0.2, 0.25) is 0 Å². The fourth-order valence-corrected chi connectivity index (χ4v) is 2.07. The van der Waals surface area contributed by atoms with Crippen molar-refractivity contribution in [3.63, 3.8) is 0 Å². The summed E-state index contributed by atoms with van der Waals surface area (Å²) in [6.07, 6.45) is 0. The molecule has 2 aromatic rings. The van der Waals surface area contributed by atoms with Gasteiger partial charge in [-0.25, -0.2) is 4.79 Å². The molecule has 1 aromatic carbocycles. The molecule has 112 valence electrons. The SMILES string of the molecule is O=C(OCc1ccc(-c2cccc(Cl)c2Cl)o1)C(Cl)(Cl)Cl. The molecule has 0 fully saturated rings. The lowest BCUT2D eigenvalue weighted by molar-refractivity contribution is -0.144. The summed E-state index contributed by atoms with van der Waals surface area (Å²) >= 11 is 28.2. The number of alkyl halides is 3. The first-order chi connectivity index (χ1) is 9.79. The Bertz CT molecular complexity index is 660. The van der Waals surface area contributed by atoms with Crippen LogP contribution in [0.5, 0.6) is 0 Å². The lowest BCUT2D eigenvalue weighted by Gasteiger charge is -2.09. The maximum absolute atomic E-state index is 11.3. The summed E-state index contributed by atoms with van der Waals surface area (Å²) in [4.78, 5) is 11.3. The van der Waals surface area contributed by atoms with Crippen LogP contribution in [0.3, 0.4) is 0 Å². The fraction of sp³-hybridized carbons (Fsp3) is 0.154. The molecule has 0 aliphatic heterocycles. The quantitative estimate of drug-likeness (QED) is 0.503. The molecule has 1 aromatic heterocycles. The van der Waals surface area contributed by atoms with E-state index in [2.05, 4.69) is 0 Å². The van der Waals surface area contributed by atoms with E-state index in [0.717, 1.165) is 0 Å². The molecule has 3 nitrogen and oxygen atoms in total. The Morgan fingerprint density at radius 3 is 2.52 bits per heavy atom. The van der Waals surface area contributed by atoms with Crippen molar-refractivity contribution in [2.24, 2.45) is 0 Å². The third-order valence-electron chi connectivity index (χ3n) is 2.46. The number of halogens is 5. The van der Waals surface area contributed by atoms with Crippen LogP contribution in [0.1, 0.15) is 5.76 Å². The summed E-state index contributed by atoms with van der Waals surface area (Å²) in [5, 5.41) is 0.785. The van der Waals surface area contributed by atoms with Gasteiger partial charge >= 0.3 is 5.97 Å². The Morgan fingerprint density at radius 2 is 1.86 bits per heavy atom. The standard InChI is InChI=1S/C13H7Cl5O3/c14-9-3-1-2-8(11(9)15)10-5-4-7(21-10)6-20-12(19)13(16,17)18/h1-5H,6H2. The van der Waals surface area contributed by atoms with Crippen LogP contribution in [-0.4, -0.2) is 9.76 Å². The van der Waals surface area contributed by atoms with E-state index in [9.17, 15) is 4.79 Å². The summed E-state index contributed by atoms with van der Waals surface area (Å²) in [5.41, 5.74) is 0.628. The number of hydrogen-bond acceptors (Lipinski definition) is 3. The Hall–Kier alpha value is -0.580. The molecule has 0 N–H and O–H groups in total. The van der Waals surface area contributed by atoms with E-state index in [4.69, 9.17) is 67.2 Å². The minimum atomic E-state index is -2.12. The summed E-state index contributed by atoms with van der Waals surface area (Å²) < 4.78 is 8.21. The number of furan rings is 1. The fourth-order valence-electron chi connectivity index (χ4n) is 1.51. The smallest absolute Gasteiger partial charge is 0.358 e. The molecule has 2 rings (SSSR count). The van der Waals surface area contributed by atoms with Crippen LogP contribution in [-0.2, 0) is 16.1 Å². The average Bonchev–Trinajstić information content (AvgIpc) is 2.86. The second kappa shape index (κ2) is 6.67. The Balaban J connectivity index is 2.12. The molecule has 0 saturated heterocycles. The molecule has 0 aliphatic carbocycles. The van der Waals surface area contributed by atoms with Gasteiger partial charge in [-0.15, -0.1) is 0 Å². The second-order valence-corrected chi connectivity index (χ2v) is 7.01. The summed E-state index contributed by atoms with van der Waals surface area (Å²) in [6, 6.07) is 8.47. The topological polar surface area (TPSA) is 39.4 Å².